The van der Waals surface area contributed by atoms with Gasteiger partial charge < -0.3 is 34.2 Å². The van der Waals surface area contributed by atoms with Crippen LogP contribution in [0.1, 0.15) is 278 Å². The van der Waals surface area contributed by atoms with E-state index in [0.29, 0.717) is 19.3 Å². The average Bonchev–Trinajstić information content (AvgIpc) is 0.914. The van der Waals surface area contributed by atoms with Crippen LogP contribution in [0.15, 0.2) is 182 Å². The molecule has 18 heteroatoms. The van der Waals surface area contributed by atoms with Gasteiger partial charge in [0.15, 0.2) is 6.10 Å². The smallest absolute Gasteiger partial charge is 0.463 e. The van der Waals surface area contributed by atoms with Crippen LogP contribution in [0.25, 0.3) is 0 Å². The maximum Gasteiger partial charge on any atom is 0.472 e. The molecule has 0 rings (SSSR count). The molecule has 0 radical (unpaired) electrons. The Morgan fingerprint density at radius 3 is 0.767 bits per heavy atom. The minimum atomic E-state index is -4.95. The van der Waals surface area contributed by atoms with Crippen LogP contribution in [-0.4, -0.2) is 95.9 Å². The van der Waals surface area contributed by atoms with Crippen LogP contribution in [0.2, 0.25) is 0 Å². The van der Waals surface area contributed by atoms with Gasteiger partial charge in [-0.25, -0.2) is 9.13 Å². The zero-order valence-corrected chi connectivity index (χ0v) is 65.5. The quantitative estimate of drug-likeness (QED) is 0.0146. The normalized spacial score (nSPS) is 15.0. The van der Waals surface area contributed by atoms with Crippen LogP contribution in [0.5, 0.6) is 0 Å². The lowest BCUT2D eigenvalue weighted by Crippen LogP contribution is -2.30. The van der Waals surface area contributed by atoms with Crippen LogP contribution in [0.4, 0.5) is 0 Å². The molecular formula is C85H138O16P2. The standard InChI is InChI=1S/C85H138O16P2/c1-4-7-10-13-16-19-22-25-28-31-33-35-37-39-41-43-45-48-50-53-56-59-62-65-68-71-83(88)95-74-80(86)75-97-102(91,92)98-76-81(87)77-99-103(93,94)100-79-82(101-85(90)73-70-67-64-61-58-55-52-47-30-27-24-21-18-15-12-9-6-3)78-96-84(89)72-69-66-63-60-57-54-51-49-46-44-42-40-38-36-34-32-29-26-23-20-17-14-11-8-5-2/h7-12,16-21,25-30,33-36,39-42,45,48,52,55,80-82,86-87H,4-6,13-15,22-24,31-32,37-38,43-44,46-47,49-51,53-54,56-79H2,1-3H3,(H,91,92)(H,93,94)/b10-7-,11-8-,12-9-,19-16-,20-17-,21-18-,28-25-,29-26-,30-27-,35-33-,36-34-,41-39-,42-40-,48-45-,55-52-. The summed E-state index contributed by atoms with van der Waals surface area (Å²) in [7, 11) is -9.82. The Hall–Kier alpha value is -5.35. The van der Waals surface area contributed by atoms with Crippen molar-refractivity contribution in [2.24, 2.45) is 0 Å². The summed E-state index contributed by atoms with van der Waals surface area (Å²) in [6.07, 6.45) is 97.8. The Balaban J connectivity index is 4.69. The van der Waals surface area contributed by atoms with Crippen molar-refractivity contribution in [2.75, 3.05) is 39.6 Å². The van der Waals surface area contributed by atoms with Crippen LogP contribution in [0, 0.1) is 0 Å². The Morgan fingerprint density at radius 1 is 0.272 bits per heavy atom. The largest absolute Gasteiger partial charge is 0.472 e. The van der Waals surface area contributed by atoms with Crippen molar-refractivity contribution >= 4 is 33.6 Å². The number of unbranched alkanes of at least 4 members (excludes halogenated alkanes) is 19. The summed E-state index contributed by atoms with van der Waals surface area (Å²) in [5.74, 6) is -1.63. The molecule has 0 aromatic rings. The van der Waals surface area contributed by atoms with E-state index in [0.717, 1.165) is 193 Å². The van der Waals surface area contributed by atoms with E-state index in [1.165, 1.54) is 25.7 Å². The van der Waals surface area contributed by atoms with Gasteiger partial charge >= 0.3 is 33.6 Å². The number of phosphoric ester groups is 2. The molecule has 0 aromatic carbocycles. The summed E-state index contributed by atoms with van der Waals surface area (Å²) < 4.78 is 61.1. The van der Waals surface area contributed by atoms with Crippen molar-refractivity contribution < 1.29 is 75.8 Å². The SMILES string of the molecule is CC/C=C\C/C=C\C/C=C\C/C=C\C/C=C\C/C=C\CCCCCCCCC(=O)OCC(O)COP(=O)(O)OCC(O)COP(=O)(O)OCC(COC(=O)CCCCCCCCCCC/C=C\C/C=C\C/C=C\C/C=C\C/C=C\CC)OC(=O)CCCCCC/C=C\C/C=C\C/C=C\C/C=C\CC. The lowest BCUT2D eigenvalue weighted by atomic mass is 10.1. The number of carbonyl (C=O) groups excluding carboxylic acids is 3. The molecule has 584 valence electrons. The zero-order chi connectivity index (χ0) is 75.2. The summed E-state index contributed by atoms with van der Waals surface area (Å²) in [6.45, 7) is 2.27. The first-order valence-electron chi connectivity index (χ1n) is 39.1. The molecule has 5 atom stereocenters. The van der Waals surface area contributed by atoms with Gasteiger partial charge in [-0.1, -0.05) is 287 Å². The molecule has 0 saturated heterocycles. The van der Waals surface area contributed by atoms with Gasteiger partial charge in [0, 0.05) is 19.3 Å². The second-order valence-electron chi connectivity index (χ2n) is 25.4. The molecule has 0 heterocycles. The van der Waals surface area contributed by atoms with Gasteiger partial charge in [0.05, 0.1) is 26.4 Å². The summed E-state index contributed by atoms with van der Waals surface area (Å²) in [6, 6.07) is 0. The van der Waals surface area contributed by atoms with Crippen LogP contribution < -0.4 is 0 Å². The van der Waals surface area contributed by atoms with E-state index in [1.807, 2.05) is 0 Å². The van der Waals surface area contributed by atoms with Gasteiger partial charge in [0.1, 0.15) is 25.4 Å². The summed E-state index contributed by atoms with van der Waals surface area (Å²) in [4.78, 5) is 58.7. The monoisotopic (exact) mass is 1480 g/mol. The minimum Gasteiger partial charge on any atom is -0.463 e. The van der Waals surface area contributed by atoms with E-state index >= 15 is 0 Å². The molecule has 0 aliphatic heterocycles. The van der Waals surface area contributed by atoms with E-state index in [9.17, 15) is 43.5 Å². The molecule has 0 amide bonds. The second-order valence-corrected chi connectivity index (χ2v) is 28.3. The third-order valence-corrected chi connectivity index (χ3v) is 17.5. The van der Waals surface area contributed by atoms with Gasteiger partial charge in [-0.3, -0.25) is 32.5 Å². The van der Waals surface area contributed by atoms with E-state index in [1.54, 1.807) is 0 Å². The van der Waals surface area contributed by atoms with Crippen molar-refractivity contribution in [3.05, 3.63) is 182 Å². The van der Waals surface area contributed by atoms with Gasteiger partial charge in [0.25, 0.3) is 0 Å². The summed E-state index contributed by atoms with van der Waals surface area (Å²) >= 11 is 0. The van der Waals surface area contributed by atoms with Crippen molar-refractivity contribution in [2.45, 2.75) is 296 Å². The number of hydrogen-bond acceptors (Lipinski definition) is 14. The highest BCUT2D eigenvalue weighted by Crippen LogP contribution is 2.45. The molecule has 0 spiro atoms. The number of aliphatic hydroxyl groups is 2. The second kappa shape index (κ2) is 76.3. The number of hydrogen-bond donors (Lipinski definition) is 4. The Kier molecular flexibility index (Phi) is 72.3. The Labute approximate surface area is 624 Å². The van der Waals surface area contributed by atoms with Crippen molar-refractivity contribution in [3.8, 4) is 0 Å². The lowest BCUT2D eigenvalue weighted by Gasteiger charge is -2.21. The minimum absolute atomic E-state index is 0.0681. The van der Waals surface area contributed by atoms with Crippen LogP contribution >= 0.6 is 15.6 Å². The Morgan fingerprint density at radius 2 is 0.485 bits per heavy atom. The molecule has 0 aliphatic carbocycles. The maximum absolute atomic E-state index is 13.0. The predicted molar refractivity (Wildman–Crippen MR) is 426 cm³/mol. The molecule has 0 saturated carbocycles. The topological polar surface area (TPSA) is 231 Å². The fourth-order valence-corrected chi connectivity index (χ4v) is 11.4. The fraction of sp³-hybridized carbons (Fsp3) is 0.612. The first-order valence-corrected chi connectivity index (χ1v) is 42.1. The molecule has 0 bridgehead atoms. The van der Waals surface area contributed by atoms with E-state index < -0.39 is 91.5 Å². The number of rotatable bonds is 72. The van der Waals surface area contributed by atoms with Gasteiger partial charge in [0.2, 0.25) is 0 Å². The van der Waals surface area contributed by atoms with Gasteiger partial charge in [-0.05, 0) is 154 Å². The number of esters is 3. The molecule has 0 aliphatic rings. The molecule has 0 fully saturated rings. The Bertz CT molecular complexity index is 2600. The third-order valence-electron chi connectivity index (χ3n) is 15.6. The molecule has 16 nitrogen and oxygen atoms in total. The van der Waals surface area contributed by atoms with Crippen LogP contribution in [-0.2, 0) is 55.8 Å². The lowest BCUT2D eigenvalue weighted by molar-refractivity contribution is -0.161. The highest BCUT2D eigenvalue weighted by molar-refractivity contribution is 7.47. The predicted octanol–water partition coefficient (Wildman–Crippen LogP) is 23.0. The van der Waals surface area contributed by atoms with Crippen molar-refractivity contribution in [1.82, 2.24) is 0 Å². The number of ether oxygens (including phenoxy) is 3. The van der Waals surface area contributed by atoms with E-state index in [-0.39, 0.29) is 19.3 Å². The van der Waals surface area contributed by atoms with Crippen molar-refractivity contribution in [3.63, 3.8) is 0 Å². The first-order chi connectivity index (χ1) is 50.2. The molecule has 103 heavy (non-hydrogen) atoms. The number of allylic oxidation sites excluding steroid dienone is 30. The first kappa shape index (κ1) is 97.7. The van der Waals surface area contributed by atoms with E-state index in [4.69, 9.17) is 32.3 Å². The van der Waals surface area contributed by atoms with Gasteiger partial charge in [-0.15, -0.1) is 0 Å². The number of aliphatic hydroxyl groups excluding tert-OH is 2. The highest BCUT2D eigenvalue weighted by atomic mass is 31.2. The maximum atomic E-state index is 13.0. The van der Waals surface area contributed by atoms with Gasteiger partial charge in [-0.2, -0.15) is 0 Å². The molecule has 5 unspecified atom stereocenters. The number of phosphoric acid groups is 2. The van der Waals surface area contributed by atoms with Crippen molar-refractivity contribution in [1.29, 1.82) is 0 Å². The molecule has 4 N–H and O–H groups in total. The zero-order valence-electron chi connectivity index (χ0n) is 63.7. The summed E-state index contributed by atoms with van der Waals surface area (Å²) in [5.41, 5.74) is 0. The van der Waals surface area contributed by atoms with E-state index in [2.05, 4.69) is 203 Å². The van der Waals surface area contributed by atoms with Crippen LogP contribution in [0.3, 0.4) is 0 Å². The fourth-order valence-electron chi connectivity index (χ4n) is 9.77. The molecular weight excluding hydrogens is 1340 g/mol. The average molecular weight is 1480 g/mol. The number of carbonyl (C=O) groups is 3. The molecule has 0 aromatic heterocycles. The third kappa shape index (κ3) is 77.6. The highest BCUT2D eigenvalue weighted by Gasteiger charge is 2.29. The summed E-state index contributed by atoms with van der Waals surface area (Å²) in [5, 5.41) is 20.6.